The molecule has 0 radical (unpaired) electrons. The second kappa shape index (κ2) is 9.14. The Bertz CT molecular complexity index is 599. The molecule has 2 aliphatic heterocycles. The second-order valence-electron chi connectivity index (χ2n) is 6.69. The Morgan fingerprint density at radius 3 is 2.81 bits per heavy atom. The summed E-state index contributed by atoms with van der Waals surface area (Å²) in [6.07, 6.45) is 2.49. The zero-order chi connectivity index (χ0) is 18.4. The zero-order valence-electron chi connectivity index (χ0n) is 15.6. The van der Waals surface area contributed by atoms with Crippen molar-refractivity contribution in [3.63, 3.8) is 0 Å². The fraction of sp³-hybridized carbons (Fsp3) is 0.722. The lowest BCUT2D eigenvalue weighted by atomic mass is 10.0. The summed E-state index contributed by atoms with van der Waals surface area (Å²) in [7, 11) is 1.65. The molecule has 0 aromatic carbocycles. The number of nitrogens with zero attached hydrogens (tertiary/aromatic N) is 3. The summed E-state index contributed by atoms with van der Waals surface area (Å²) in [5.41, 5.74) is 1.01. The minimum Gasteiger partial charge on any atom is -0.450 e. The standard InChI is InChI=1S/C18H28N4O4/c1-3-26-18(23)22-7-4-14(5-8-22)19-16-10-15(13-6-9-25-11-13)20-17(21-16)12-24-2/h10,13-14H,3-9,11-12H2,1-2H3,(H,19,20,21)/t13-/m1/s1. The van der Waals surface area contributed by atoms with Gasteiger partial charge in [-0.2, -0.15) is 0 Å². The van der Waals surface area contributed by atoms with Gasteiger partial charge in [0.15, 0.2) is 5.82 Å². The van der Waals surface area contributed by atoms with Crippen LogP contribution in [0, 0.1) is 0 Å². The lowest BCUT2D eigenvalue weighted by molar-refractivity contribution is 0.0983. The lowest BCUT2D eigenvalue weighted by Gasteiger charge is -2.32. The molecule has 2 saturated heterocycles. The van der Waals surface area contributed by atoms with Gasteiger partial charge in [-0.25, -0.2) is 14.8 Å². The first-order chi connectivity index (χ1) is 12.7. The summed E-state index contributed by atoms with van der Waals surface area (Å²) in [6, 6.07) is 2.30. The van der Waals surface area contributed by atoms with Crippen molar-refractivity contribution in [2.75, 3.05) is 45.3 Å². The number of ether oxygens (including phenoxy) is 3. The maximum atomic E-state index is 11.8. The molecule has 1 N–H and O–H groups in total. The van der Waals surface area contributed by atoms with Crippen LogP contribution < -0.4 is 5.32 Å². The Hall–Kier alpha value is -1.93. The number of carbonyl (C=O) groups excluding carboxylic acids is 1. The van der Waals surface area contributed by atoms with Crippen LogP contribution in [0.3, 0.4) is 0 Å². The van der Waals surface area contributed by atoms with Gasteiger partial charge in [0.05, 0.1) is 18.9 Å². The van der Waals surface area contributed by atoms with E-state index in [-0.39, 0.29) is 12.1 Å². The summed E-state index contributed by atoms with van der Waals surface area (Å²) in [4.78, 5) is 22.8. The predicted octanol–water partition coefficient (Wildman–Crippen LogP) is 2.16. The number of methoxy groups -OCH3 is 1. The van der Waals surface area contributed by atoms with Gasteiger partial charge in [-0.3, -0.25) is 0 Å². The Kier molecular flexibility index (Phi) is 6.62. The summed E-state index contributed by atoms with van der Waals surface area (Å²) >= 11 is 0. The molecule has 8 heteroatoms. The van der Waals surface area contributed by atoms with Crippen LogP contribution in [0.4, 0.5) is 10.6 Å². The number of aromatic nitrogens is 2. The van der Waals surface area contributed by atoms with E-state index < -0.39 is 0 Å². The quantitative estimate of drug-likeness (QED) is 0.828. The number of nitrogens with one attached hydrogen (secondary N) is 1. The highest BCUT2D eigenvalue weighted by Crippen LogP contribution is 2.26. The number of piperidine rings is 1. The van der Waals surface area contributed by atoms with Crippen LogP contribution in [-0.2, 0) is 20.8 Å². The van der Waals surface area contributed by atoms with Gasteiger partial charge in [0.1, 0.15) is 12.4 Å². The number of anilines is 1. The molecule has 1 aromatic rings. The van der Waals surface area contributed by atoms with Gasteiger partial charge >= 0.3 is 6.09 Å². The second-order valence-corrected chi connectivity index (χ2v) is 6.69. The Morgan fingerprint density at radius 2 is 2.15 bits per heavy atom. The van der Waals surface area contributed by atoms with Gasteiger partial charge in [-0.05, 0) is 26.2 Å². The summed E-state index contributed by atoms with van der Waals surface area (Å²) in [5, 5.41) is 3.51. The van der Waals surface area contributed by atoms with Crippen LogP contribution in [0.2, 0.25) is 0 Å². The fourth-order valence-electron chi connectivity index (χ4n) is 3.39. The zero-order valence-corrected chi connectivity index (χ0v) is 15.6. The molecule has 1 aromatic heterocycles. The van der Waals surface area contributed by atoms with E-state index in [2.05, 4.69) is 15.3 Å². The van der Waals surface area contributed by atoms with Crippen LogP contribution in [0.15, 0.2) is 6.07 Å². The smallest absolute Gasteiger partial charge is 0.409 e. The van der Waals surface area contributed by atoms with Gasteiger partial charge in [0.25, 0.3) is 0 Å². The van der Waals surface area contributed by atoms with Crippen LogP contribution in [0.25, 0.3) is 0 Å². The maximum Gasteiger partial charge on any atom is 0.409 e. The third-order valence-electron chi connectivity index (χ3n) is 4.79. The molecule has 0 saturated carbocycles. The van der Waals surface area contributed by atoms with E-state index in [0.29, 0.717) is 44.7 Å². The number of hydrogen-bond acceptors (Lipinski definition) is 7. The highest BCUT2D eigenvalue weighted by atomic mass is 16.6. The van der Waals surface area contributed by atoms with Crippen LogP contribution >= 0.6 is 0 Å². The molecule has 0 unspecified atom stereocenters. The number of carbonyl (C=O) groups is 1. The van der Waals surface area contributed by atoms with E-state index in [1.165, 1.54) is 0 Å². The Morgan fingerprint density at radius 1 is 1.35 bits per heavy atom. The van der Waals surface area contributed by atoms with Crippen molar-refractivity contribution in [1.29, 1.82) is 0 Å². The van der Waals surface area contributed by atoms with E-state index in [1.54, 1.807) is 12.0 Å². The number of rotatable bonds is 6. The molecule has 2 aliphatic rings. The predicted molar refractivity (Wildman–Crippen MR) is 96.2 cm³/mol. The molecule has 26 heavy (non-hydrogen) atoms. The van der Waals surface area contributed by atoms with Gasteiger partial charge < -0.3 is 24.4 Å². The average molecular weight is 364 g/mol. The van der Waals surface area contributed by atoms with E-state index in [9.17, 15) is 4.79 Å². The van der Waals surface area contributed by atoms with Gasteiger partial charge in [0, 0.05) is 44.8 Å². The molecule has 0 aliphatic carbocycles. The van der Waals surface area contributed by atoms with E-state index in [0.717, 1.165) is 37.4 Å². The van der Waals surface area contributed by atoms with Crippen molar-refractivity contribution in [3.05, 3.63) is 17.6 Å². The lowest BCUT2D eigenvalue weighted by Crippen LogP contribution is -2.42. The Labute approximate surface area is 154 Å². The maximum absolute atomic E-state index is 11.8. The van der Waals surface area contributed by atoms with Crippen molar-refractivity contribution in [1.82, 2.24) is 14.9 Å². The topological polar surface area (TPSA) is 85.8 Å². The highest BCUT2D eigenvalue weighted by molar-refractivity contribution is 5.67. The number of amides is 1. The minimum atomic E-state index is -0.223. The molecular formula is C18H28N4O4. The van der Waals surface area contributed by atoms with Crippen molar-refractivity contribution in [3.8, 4) is 0 Å². The van der Waals surface area contributed by atoms with Crippen molar-refractivity contribution >= 4 is 11.9 Å². The summed E-state index contributed by atoms with van der Waals surface area (Å²) < 4.78 is 15.8. The van der Waals surface area contributed by atoms with Gasteiger partial charge in [-0.15, -0.1) is 0 Å². The summed E-state index contributed by atoms with van der Waals surface area (Å²) in [6.45, 7) is 5.49. The molecule has 0 bridgehead atoms. The van der Waals surface area contributed by atoms with E-state index >= 15 is 0 Å². The number of likely N-dealkylation sites (tertiary alicyclic amines) is 1. The van der Waals surface area contributed by atoms with Crippen molar-refractivity contribution in [2.24, 2.45) is 0 Å². The number of hydrogen-bond donors (Lipinski definition) is 1. The first kappa shape index (κ1) is 18.8. The van der Waals surface area contributed by atoms with Crippen molar-refractivity contribution in [2.45, 2.75) is 44.8 Å². The minimum absolute atomic E-state index is 0.223. The largest absolute Gasteiger partial charge is 0.450 e. The molecule has 2 fully saturated rings. The molecular weight excluding hydrogens is 336 g/mol. The fourth-order valence-corrected chi connectivity index (χ4v) is 3.39. The van der Waals surface area contributed by atoms with Crippen LogP contribution in [0.1, 0.15) is 43.6 Å². The van der Waals surface area contributed by atoms with Crippen LogP contribution in [-0.4, -0.2) is 67.0 Å². The van der Waals surface area contributed by atoms with E-state index in [4.69, 9.17) is 14.2 Å². The molecule has 8 nitrogen and oxygen atoms in total. The molecule has 1 amide bonds. The first-order valence-electron chi connectivity index (χ1n) is 9.32. The highest BCUT2D eigenvalue weighted by Gasteiger charge is 2.25. The van der Waals surface area contributed by atoms with E-state index in [1.807, 2.05) is 13.0 Å². The first-order valence-corrected chi connectivity index (χ1v) is 9.32. The molecule has 3 rings (SSSR count). The average Bonchev–Trinajstić information content (AvgIpc) is 3.17. The molecule has 0 spiro atoms. The monoisotopic (exact) mass is 364 g/mol. The third-order valence-corrected chi connectivity index (χ3v) is 4.79. The molecule has 144 valence electrons. The normalized spacial score (nSPS) is 21.0. The molecule has 3 heterocycles. The van der Waals surface area contributed by atoms with Gasteiger partial charge in [0.2, 0.25) is 0 Å². The van der Waals surface area contributed by atoms with Gasteiger partial charge in [-0.1, -0.05) is 0 Å². The summed E-state index contributed by atoms with van der Waals surface area (Å²) in [5.74, 6) is 1.83. The third kappa shape index (κ3) is 4.82. The molecule has 1 atom stereocenters. The SMILES string of the molecule is CCOC(=O)N1CCC(Nc2cc([C@@H]3CCOC3)nc(COC)n2)CC1. The van der Waals surface area contributed by atoms with Crippen LogP contribution in [0.5, 0.6) is 0 Å². The van der Waals surface area contributed by atoms with Crippen molar-refractivity contribution < 1.29 is 19.0 Å². The Balaban J connectivity index is 1.63.